The van der Waals surface area contributed by atoms with Gasteiger partial charge in [0.15, 0.2) is 10.8 Å². The second kappa shape index (κ2) is 5.73. The summed E-state index contributed by atoms with van der Waals surface area (Å²) in [6, 6.07) is 11.5. The lowest BCUT2D eigenvalue weighted by molar-refractivity contribution is 0.292. The second-order valence-corrected chi connectivity index (χ2v) is 5.63. The highest BCUT2D eigenvalue weighted by molar-refractivity contribution is 7.19. The molecule has 4 rings (SSSR count). The average Bonchev–Trinajstić information content (AvgIpc) is 3.16. The van der Waals surface area contributed by atoms with Crippen LogP contribution in [0.4, 0.5) is 4.39 Å². The summed E-state index contributed by atoms with van der Waals surface area (Å²) in [6.45, 7) is 0.193. The van der Waals surface area contributed by atoms with Crippen LogP contribution >= 0.6 is 11.3 Å². The van der Waals surface area contributed by atoms with Crippen molar-refractivity contribution in [2.45, 2.75) is 6.61 Å². The molecular weight excluding hydrogens is 317 g/mol. The molecule has 1 aromatic carbocycles. The quantitative estimate of drug-likeness (QED) is 0.576. The standard InChI is InChI=1S/C15H10FN5OS/c16-10-4-6-11(7-5-10)22-9-13-18-19-15-21(13)20-14(23-15)12-3-1-2-8-17-12/h1-8H,9H2. The molecule has 0 amide bonds. The third-order valence-corrected chi connectivity index (χ3v) is 4.04. The number of fused-ring (bicyclic) bond motifs is 1. The number of hydrogen-bond acceptors (Lipinski definition) is 6. The zero-order valence-corrected chi connectivity index (χ0v) is 12.6. The number of rotatable bonds is 4. The zero-order chi connectivity index (χ0) is 15.6. The Labute approximate surface area is 134 Å². The molecule has 0 atom stereocenters. The summed E-state index contributed by atoms with van der Waals surface area (Å²) in [7, 11) is 0. The van der Waals surface area contributed by atoms with Gasteiger partial charge >= 0.3 is 0 Å². The van der Waals surface area contributed by atoms with Crippen molar-refractivity contribution in [3.63, 3.8) is 0 Å². The zero-order valence-electron chi connectivity index (χ0n) is 11.8. The first kappa shape index (κ1) is 13.8. The minimum Gasteiger partial charge on any atom is -0.486 e. The van der Waals surface area contributed by atoms with Crippen molar-refractivity contribution < 1.29 is 9.13 Å². The van der Waals surface area contributed by atoms with E-state index in [1.54, 1.807) is 22.8 Å². The van der Waals surface area contributed by atoms with Crippen molar-refractivity contribution in [2.75, 3.05) is 0 Å². The van der Waals surface area contributed by atoms with E-state index in [2.05, 4.69) is 20.3 Å². The average molecular weight is 327 g/mol. The second-order valence-electron chi connectivity index (χ2n) is 4.68. The molecule has 0 saturated heterocycles. The summed E-state index contributed by atoms with van der Waals surface area (Å²) in [5, 5.41) is 13.4. The molecule has 8 heteroatoms. The molecule has 0 aliphatic heterocycles. The molecule has 3 aromatic heterocycles. The van der Waals surface area contributed by atoms with Gasteiger partial charge in [-0.25, -0.2) is 4.39 Å². The molecule has 0 aliphatic rings. The van der Waals surface area contributed by atoms with Crippen molar-refractivity contribution in [2.24, 2.45) is 0 Å². The van der Waals surface area contributed by atoms with E-state index < -0.39 is 0 Å². The molecule has 3 heterocycles. The largest absolute Gasteiger partial charge is 0.486 e. The van der Waals surface area contributed by atoms with Gasteiger partial charge in [-0.3, -0.25) is 4.98 Å². The number of ether oxygens (including phenoxy) is 1. The van der Waals surface area contributed by atoms with Gasteiger partial charge in [-0.1, -0.05) is 17.4 Å². The van der Waals surface area contributed by atoms with Crippen LogP contribution in [0.3, 0.4) is 0 Å². The normalized spacial score (nSPS) is 11.0. The Kier molecular flexibility index (Phi) is 3.43. The number of benzene rings is 1. The van der Waals surface area contributed by atoms with Crippen LogP contribution in [0.15, 0.2) is 48.7 Å². The number of pyridine rings is 1. The third kappa shape index (κ3) is 2.76. The van der Waals surface area contributed by atoms with E-state index >= 15 is 0 Å². The Morgan fingerprint density at radius 1 is 1.09 bits per heavy atom. The van der Waals surface area contributed by atoms with Gasteiger partial charge in [0.2, 0.25) is 4.96 Å². The third-order valence-electron chi connectivity index (χ3n) is 3.12. The Balaban J connectivity index is 1.58. The van der Waals surface area contributed by atoms with Crippen LogP contribution in [0.25, 0.3) is 15.7 Å². The first-order valence-corrected chi connectivity index (χ1v) is 7.62. The van der Waals surface area contributed by atoms with Crippen LogP contribution < -0.4 is 4.74 Å². The lowest BCUT2D eigenvalue weighted by atomic mass is 10.3. The maximum absolute atomic E-state index is 12.9. The first-order chi connectivity index (χ1) is 11.3. The molecule has 0 radical (unpaired) electrons. The maximum atomic E-state index is 12.9. The minimum absolute atomic E-state index is 0.193. The van der Waals surface area contributed by atoms with E-state index in [1.807, 2.05) is 18.2 Å². The summed E-state index contributed by atoms with van der Waals surface area (Å²) < 4.78 is 20.1. The van der Waals surface area contributed by atoms with Crippen LogP contribution in [0.1, 0.15) is 5.82 Å². The Hall–Kier alpha value is -2.87. The first-order valence-electron chi connectivity index (χ1n) is 6.80. The summed E-state index contributed by atoms with van der Waals surface area (Å²) in [4.78, 5) is 4.94. The Morgan fingerprint density at radius 3 is 2.74 bits per heavy atom. The highest BCUT2D eigenvalue weighted by atomic mass is 32.1. The molecule has 0 saturated carbocycles. The van der Waals surface area contributed by atoms with Crippen molar-refractivity contribution in [1.29, 1.82) is 0 Å². The molecule has 0 unspecified atom stereocenters. The fraction of sp³-hybridized carbons (Fsp3) is 0.0667. The predicted octanol–water partition coefficient (Wildman–Crippen LogP) is 2.97. The van der Waals surface area contributed by atoms with Crippen molar-refractivity contribution in [3.05, 3.63) is 60.3 Å². The fourth-order valence-electron chi connectivity index (χ4n) is 2.02. The van der Waals surface area contributed by atoms with Crippen LogP contribution in [0.5, 0.6) is 5.75 Å². The predicted molar refractivity (Wildman–Crippen MR) is 82.6 cm³/mol. The van der Waals surface area contributed by atoms with Gasteiger partial charge in [0.1, 0.15) is 23.9 Å². The molecule has 114 valence electrons. The summed E-state index contributed by atoms with van der Waals surface area (Å²) in [6.07, 6.45) is 1.72. The van der Waals surface area contributed by atoms with Gasteiger partial charge < -0.3 is 4.74 Å². The van der Waals surface area contributed by atoms with Crippen LogP contribution in [-0.2, 0) is 6.61 Å². The Bertz CT molecular complexity index is 936. The molecular formula is C15H10FN5OS. The van der Waals surface area contributed by atoms with Gasteiger partial charge in [-0.2, -0.15) is 9.61 Å². The van der Waals surface area contributed by atoms with Gasteiger partial charge in [0.05, 0.1) is 0 Å². The lowest BCUT2D eigenvalue weighted by Gasteiger charge is -2.03. The number of nitrogens with zero attached hydrogens (tertiary/aromatic N) is 5. The van der Waals surface area contributed by atoms with E-state index in [0.29, 0.717) is 16.5 Å². The van der Waals surface area contributed by atoms with Crippen LogP contribution in [-0.4, -0.2) is 24.8 Å². The highest BCUT2D eigenvalue weighted by Gasteiger charge is 2.13. The van der Waals surface area contributed by atoms with Gasteiger partial charge in [0, 0.05) is 6.20 Å². The molecule has 23 heavy (non-hydrogen) atoms. The Morgan fingerprint density at radius 2 is 1.96 bits per heavy atom. The monoisotopic (exact) mass is 327 g/mol. The molecule has 0 bridgehead atoms. The van der Waals surface area contributed by atoms with E-state index in [9.17, 15) is 4.39 Å². The van der Waals surface area contributed by atoms with E-state index in [-0.39, 0.29) is 12.4 Å². The van der Waals surface area contributed by atoms with E-state index in [0.717, 1.165) is 10.7 Å². The molecule has 4 aromatic rings. The van der Waals surface area contributed by atoms with Crippen LogP contribution in [0.2, 0.25) is 0 Å². The SMILES string of the molecule is Fc1ccc(OCc2nnc3sc(-c4ccccn4)nn23)cc1. The van der Waals surface area contributed by atoms with Crippen molar-refractivity contribution in [1.82, 2.24) is 24.8 Å². The summed E-state index contributed by atoms with van der Waals surface area (Å²) >= 11 is 1.41. The molecule has 6 nitrogen and oxygen atoms in total. The molecule has 0 N–H and O–H groups in total. The van der Waals surface area contributed by atoms with Gasteiger partial charge in [-0.05, 0) is 36.4 Å². The number of hydrogen-bond donors (Lipinski definition) is 0. The van der Waals surface area contributed by atoms with Crippen molar-refractivity contribution >= 4 is 16.3 Å². The molecule has 0 spiro atoms. The van der Waals surface area contributed by atoms with Crippen molar-refractivity contribution in [3.8, 4) is 16.5 Å². The van der Waals surface area contributed by atoms with E-state index in [4.69, 9.17) is 4.74 Å². The number of aromatic nitrogens is 5. The van der Waals surface area contributed by atoms with E-state index in [1.165, 1.54) is 23.5 Å². The fourth-order valence-corrected chi connectivity index (χ4v) is 2.85. The topological polar surface area (TPSA) is 65.2 Å². The van der Waals surface area contributed by atoms with Gasteiger partial charge in [-0.15, -0.1) is 10.2 Å². The summed E-state index contributed by atoms with van der Waals surface area (Å²) in [5.74, 6) is 0.827. The van der Waals surface area contributed by atoms with Crippen LogP contribution in [0, 0.1) is 5.82 Å². The molecule has 0 fully saturated rings. The number of halogens is 1. The van der Waals surface area contributed by atoms with Gasteiger partial charge in [0.25, 0.3) is 0 Å². The summed E-state index contributed by atoms with van der Waals surface area (Å²) in [5.41, 5.74) is 0.786. The highest BCUT2D eigenvalue weighted by Crippen LogP contribution is 2.23. The minimum atomic E-state index is -0.304. The lowest BCUT2D eigenvalue weighted by Crippen LogP contribution is -2.02. The maximum Gasteiger partial charge on any atom is 0.235 e. The smallest absolute Gasteiger partial charge is 0.235 e. The molecule has 0 aliphatic carbocycles.